The summed E-state index contributed by atoms with van der Waals surface area (Å²) in [6.07, 6.45) is 0.995. The third-order valence-electron chi connectivity index (χ3n) is 4.07. The molecular formula is C14H21NO2. The molecule has 0 amide bonds. The zero-order valence-corrected chi connectivity index (χ0v) is 11.3. The molecule has 1 saturated carbocycles. The van der Waals surface area contributed by atoms with Crippen LogP contribution >= 0.6 is 0 Å². The minimum Gasteiger partial charge on any atom is -0.496 e. The molecule has 17 heavy (non-hydrogen) atoms. The fourth-order valence-electron chi connectivity index (χ4n) is 2.49. The van der Waals surface area contributed by atoms with Crippen molar-refractivity contribution in [2.75, 3.05) is 14.2 Å². The molecule has 0 saturated heterocycles. The molecule has 3 nitrogen and oxygen atoms in total. The Hall–Kier alpha value is -1.22. The molecule has 1 aromatic carbocycles. The van der Waals surface area contributed by atoms with E-state index < -0.39 is 0 Å². The average molecular weight is 235 g/mol. The van der Waals surface area contributed by atoms with Crippen LogP contribution in [0.15, 0.2) is 12.1 Å². The van der Waals surface area contributed by atoms with Gasteiger partial charge in [0.25, 0.3) is 0 Å². The predicted molar refractivity (Wildman–Crippen MR) is 68.5 cm³/mol. The summed E-state index contributed by atoms with van der Waals surface area (Å²) in [5.74, 6) is 1.68. The van der Waals surface area contributed by atoms with Crippen LogP contribution in [0.25, 0.3) is 0 Å². The van der Waals surface area contributed by atoms with E-state index in [0.29, 0.717) is 0 Å². The van der Waals surface area contributed by atoms with E-state index in [9.17, 15) is 0 Å². The molecule has 1 aliphatic carbocycles. The van der Waals surface area contributed by atoms with Crippen molar-refractivity contribution >= 4 is 0 Å². The largest absolute Gasteiger partial charge is 0.496 e. The van der Waals surface area contributed by atoms with Gasteiger partial charge in [-0.25, -0.2) is 0 Å². The molecule has 1 aliphatic rings. The molecule has 0 bridgehead atoms. The van der Waals surface area contributed by atoms with E-state index in [-0.39, 0.29) is 11.0 Å². The van der Waals surface area contributed by atoms with E-state index >= 15 is 0 Å². The Morgan fingerprint density at radius 2 is 1.53 bits per heavy atom. The quantitative estimate of drug-likeness (QED) is 0.875. The van der Waals surface area contributed by atoms with Gasteiger partial charge in [0, 0.05) is 11.1 Å². The van der Waals surface area contributed by atoms with Gasteiger partial charge in [0.1, 0.15) is 11.5 Å². The molecule has 0 heterocycles. The summed E-state index contributed by atoms with van der Waals surface area (Å²) in [6, 6.07) is 4.07. The summed E-state index contributed by atoms with van der Waals surface area (Å²) in [5.41, 5.74) is 8.45. The lowest BCUT2D eigenvalue weighted by Crippen LogP contribution is -2.25. The minimum atomic E-state index is -0.249. The number of ether oxygens (including phenoxy) is 2. The molecule has 1 aromatic rings. The highest BCUT2D eigenvalue weighted by atomic mass is 16.5. The number of rotatable bonds is 3. The van der Waals surface area contributed by atoms with Crippen LogP contribution in [-0.2, 0) is 5.54 Å². The third kappa shape index (κ3) is 1.69. The molecule has 0 aliphatic heterocycles. The minimum absolute atomic E-state index is 0.151. The first-order chi connectivity index (χ1) is 7.85. The monoisotopic (exact) mass is 235 g/mol. The Kier molecular flexibility index (Phi) is 2.62. The molecular weight excluding hydrogens is 214 g/mol. The first kappa shape index (κ1) is 12.2. The van der Waals surface area contributed by atoms with Crippen molar-refractivity contribution in [1.82, 2.24) is 0 Å². The van der Waals surface area contributed by atoms with Crippen molar-refractivity contribution in [2.45, 2.75) is 32.7 Å². The van der Waals surface area contributed by atoms with Gasteiger partial charge in [-0.1, -0.05) is 13.8 Å². The number of hydrogen-bond acceptors (Lipinski definition) is 3. The Bertz CT molecular complexity index is 429. The van der Waals surface area contributed by atoms with Crippen LogP contribution in [0.5, 0.6) is 11.5 Å². The molecule has 0 aromatic heterocycles. The summed E-state index contributed by atoms with van der Waals surface area (Å²) in [5, 5.41) is 0. The highest BCUT2D eigenvalue weighted by molar-refractivity contribution is 5.51. The Balaban J connectivity index is 2.50. The standard InChI is InChI=1S/C14H21NO2/c1-9-11(16-4)6-10(7-12(9)17-5)14(15)8-13(14,2)3/h6-7H,8,15H2,1-5H3. The lowest BCUT2D eigenvalue weighted by atomic mass is 9.95. The van der Waals surface area contributed by atoms with E-state index in [2.05, 4.69) is 13.8 Å². The molecule has 94 valence electrons. The van der Waals surface area contributed by atoms with Crippen molar-refractivity contribution < 1.29 is 9.47 Å². The van der Waals surface area contributed by atoms with Crippen molar-refractivity contribution in [2.24, 2.45) is 11.1 Å². The number of benzene rings is 1. The van der Waals surface area contributed by atoms with Gasteiger partial charge < -0.3 is 15.2 Å². The lowest BCUT2D eigenvalue weighted by Gasteiger charge is -2.19. The Labute approximate surface area is 103 Å². The molecule has 1 unspecified atom stereocenters. The Morgan fingerprint density at radius 1 is 1.12 bits per heavy atom. The zero-order chi connectivity index (χ0) is 12.8. The molecule has 0 spiro atoms. The summed E-state index contributed by atoms with van der Waals surface area (Å²) < 4.78 is 10.8. The zero-order valence-electron chi connectivity index (χ0n) is 11.3. The normalized spacial score (nSPS) is 25.5. The van der Waals surface area contributed by atoms with Gasteiger partial charge in [-0.3, -0.25) is 0 Å². The van der Waals surface area contributed by atoms with Gasteiger partial charge in [0.15, 0.2) is 0 Å². The highest BCUT2D eigenvalue weighted by Gasteiger charge is 2.59. The van der Waals surface area contributed by atoms with Gasteiger partial charge >= 0.3 is 0 Å². The molecule has 2 rings (SSSR count). The second kappa shape index (κ2) is 3.64. The van der Waals surface area contributed by atoms with Gasteiger partial charge in [0.2, 0.25) is 0 Å². The van der Waals surface area contributed by atoms with Crippen LogP contribution in [0.4, 0.5) is 0 Å². The van der Waals surface area contributed by atoms with E-state index in [1.807, 2.05) is 19.1 Å². The summed E-state index contributed by atoms with van der Waals surface area (Å²) >= 11 is 0. The highest BCUT2D eigenvalue weighted by Crippen LogP contribution is 2.61. The molecule has 0 radical (unpaired) electrons. The third-order valence-corrected chi connectivity index (χ3v) is 4.07. The first-order valence-electron chi connectivity index (χ1n) is 5.88. The molecule has 3 heteroatoms. The van der Waals surface area contributed by atoms with Crippen molar-refractivity contribution in [3.05, 3.63) is 23.3 Å². The van der Waals surface area contributed by atoms with Crippen LogP contribution in [0.2, 0.25) is 0 Å². The molecule has 2 N–H and O–H groups in total. The van der Waals surface area contributed by atoms with Crippen LogP contribution in [0.1, 0.15) is 31.4 Å². The fourth-order valence-corrected chi connectivity index (χ4v) is 2.49. The summed E-state index contributed by atoms with van der Waals surface area (Å²) in [7, 11) is 3.35. The van der Waals surface area contributed by atoms with Gasteiger partial charge in [-0.05, 0) is 36.5 Å². The van der Waals surface area contributed by atoms with Crippen LogP contribution in [-0.4, -0.2) is 14.2 Å². The van der Waals surface area contributed by atoms with Gasteiger partial charge in [0.05, 0.1) is 14.2 Å². The number of nitrogens with two attached hydrogens (primary N) is 1. The second-order valence-electron chi connectivity index (χ2n) is 5.54. The molecule has 1 fully saturated rings. The number of hydrogen-bond donors (Lipinski definition) is 1. The maximum atomic E-state index is 6.43. The van der Waals surface area contributed by atoms with Gasteiger partial charge in [-0.15, -0.1) is 0 Å². The van der Waals surface area contributed by atoms with Crippen molar-refractivity contribution in [3.63, 3.8) is 0 Å². The van der Waals surface area contributed by atoms with Gasteiger partial charge in [-0.2, -0.15) is 0 Å². The maximum Gasteiger partial charge on any atom is 0.125 e. The van der Waals surface area contributed by atoms with E-state index in [1.165, 1.54) is 0 Å². The summed E-state index contributed by atoms with van der Waals surface area (Å²) in [6.45, 7) is 6.36. The fraction of sp³-hybridized carbons (Fsp3) is 0.571. The SMILES string of the molecule is COc1cc(C2(N)CC2(C)C)cc(OC)c1C. The van der Waals surface area contributed by atoms with E-state index in [4.69, 9.17) is 15.2 Å². The topological polar surface area (TPSA) is 44.5 Å². The van der Waals surface area contributed by atoms with Crippen LogP contribution in [0, 0.1) is 12.3 Å². The van der Waals surface area contributed by atoms with Crippen molar-refractivity contribution in [1.29, 1.82) is 0 Å². The predicted octanol–water partition coefficient (Wildman–Crippen LogP) is 2.60. The Morgan fingerprint density at radius 3 is 1.82 bits per heavy atom. The van der Waals surface area contributed by atoms with Crippen LogP contribution < -0.4 is 15.2 Å². The summed E-state index contributed by atoms with van der Waals surface area (Å²) in [4.78, 5) is 0. The van der Waals surface area contributed by atoms with E-state index in [1.54, 1.807) is 14.2 Å². The smallest absolute Gasteiger partial charge is 0.125 e. The lowest BCUT2D eigenvalue weighted by molar-refractivity contribution is 0.385. The van der Waals surface area contributed by atoms with E-state index in [0.717, 1.165) is 29.0 Å². The maximum absolute atomic E-state index is 6.43. The molecule has 1 atom stereocenters. The second-order valence-corrected chi connectivity index (χ2v) is 5.54. The van der Waals surface area contributed by atoms with Crippen molar-refractivity contribution in [3.8, 4) is 11.5 Å². The average Bonchev–Trinajstić information content (AvgIpc) is 2.79. The first-order valence-corrected chi connectivity index (χ1v) is 5.88. The number of methoxy groups -OCH3 is 2. The van der Waals surface area contributed by atoms with Crippen LogP contribution in [0.3, 0.4) is 0 Å².